The molecule has 1 aromatic heterocycles. The third-order valence-corrected chi connectivity index (χ3v) is 6.43. The summed E-state index contributed by atoms with van der Waals surface area (Å²) in [4.78, 5) is 50.4. The highest BCUT2D eigenvalue weighted by atomic mass is 19.4. The Kier molecular flexibility index (Phi) is 6.78. The number of esters is 1. The average Bonchev–Trinajstić information content (AvgIpc) is 3.59. The van der Waals surface area contributed by atoms with E-state index < -0.39 is 48.0 Å². The predicted molar refractivity (Wildman–Crippen MR) is 119 cm³/mol. The average molecular weight is 513 g/mol. The fourth-order valence-corrected chi connectivity index (χ4v) is 4.68. The fraction of sp³-hybridized carbons (Fsp3) is 0.478. The zero-order valence-electron chi connectivity index (χ0n) is 19.1. The molecule has 2 aromatic rings. The molecule has 2 aliphatic rings. The third kappa shape index (κ3) is 4.43. The Morgan fingerprint density at radius 2 is 1.97 bits per heavy atom. The van der Waals surface area contributed by atoms with Crippen LogP contribution in [0.25, 0.3) is 10.9 Å². The topological polar surface area (TPSA) is 118 Å². The number of nitrogens with zero attached hydrogens (tertiary/aromatic N) is 2. The Bertz CT molecular complexity index is 1290. The van der Waals surface area contributed by atoms with Crippen molar-refractivity contribution in [2.75, 3.05) is 24.7 Å². The number of amides is 1. The number of aromatic nitrogens is 1. The van der Waals surface area contributed by atoms with Crippen molar-refractivity contribution < 1.29 is 41.8 Å². The van der Waals surface area contributed by atoms with Gasteiger partial charge in [0.1, 0.15) is 11.4 Å². The van der Waals surface area contributed by atoms with E-state index in [-0.39, 0.29) is 53.3 Å². The summed E-state index contributed by atoms with van der Waals surface area (Å²) in [5.41, 5.74) is -1.63. The number of nitrogens with one attached hydrogen (secondary N) is 1. The van der Waals surface area contributed by atoms with Crippen molar-refractivity contribution in [1.82, 2.24) is 9.88 Å². The van der Waals surface area contributed by atoms with Gasteiger partial charge in [-0.3, -0.25) is 14.4 Å². The highest BCUT2D eigenvalue weighted by molar-refractivity contribution is 6.04. The molecule has 1 saturated heterocycles. The van der Waals surface area contributed by atoms with Gasteiger partial charge in [-0.2, -0.15) is 13.2 Å². The van der Waals surface area contributed by atoms with Crippen LogP contribution in [0.1, 0.15) is 52.9 Å². The van der Waals surface area contributed by atoms with Crippen molar-refractivity contribution >= 4 is 34.8 Å². The number of aliphatic hydroxyl groups excluding tert-OH is 1. The molecule has 2 atom stereocenters. The first-order valence-electron chi connectivity index (χ1n) is 11.3. The normalized spacial score (nSPS) is 20.0. The molecule has 0 bridgehead atoms. The summed E-state index contributed by atoms with van der Waals surface area (Å²) in [5.74, 6) is -4.12. The van der Waals surface area contributed by atoms with Crippen LogP contribution in [-0.2, 0) is 9.53 Å². The lowest BCUT2D eigenvalue weighted by molar-refractivity contribution is -0.174. The molecule has 0 radical (unpaired) electrons. The maximum atomic E-state index is 15.5. The summed E-state index contributed by atoms with van der Waals surface area (Å²) < 4.78 is 60.2. The summed E-state index contributed by atoms with van der Waals surface area (Å²) in [6.07, 6.45) is -2.24. The van der Waals surface area contributed by atoms with Crippen LogP contribution in [0.4, 0.5) is 23.2 Å². The van der Waals surface area contributed by atoms with Gasteiger partial charge in [-0.05, 0) is 32.3 Å². The molecular weight excluding hydrogens is 490 g/mol. The van der Waals surface area contributed by atoms with Gasteiger partial charge >= 0.3 is 18.1 Å². The van der Waals surface area contributed by atoms with Crippen LogP contribution in [0.5, 0.6) is 0 Å². The molecule has 36 heavy (non-hydrogen) atoms. The van der Waals surface area contributed by atoms with E-state index in [2.05, 4.69) is 0 Å². The Morgan fingerprint density at radius 1 is 1.28 bits per heavy atom. The van der Waals surface area contributed by atoms with E-state index in [4.69, 9.17) is 4.74 Å². The summed E-state index contributed by atoms with van der Waals surface area (Å²) in [6.45, 7) is 0.755. The van der Waals surface area contributed by atoms with Crippen LogP contribution >= 0.6 is 0 Å². The molecule has 2 heterocycles. The van der Waals surface area contributed by atoms with Crippen LogP contribution in [-0.4, -0.2) is 65.9 Å². The van der Waals surface area contributed by atoms with Crippen LogP contribution in [0, 0.1) is 5.82 Å². The predicted octanol–water partition coefficient (Wildman–Crippen LogP) is 2.08. The van der Waals surface area contributed by atoms with Crippen LogP contribution < -0.4 is 15.6 Å². The maximum Gasteiger partial charge on any atom is 0.471 e. The second-order valence-corrected chi connectivity index (χ2v) is 8.68. The second kappa shape index (κ2) is 9.52. The molecule has 4 rings (SSSR count). The number of benzene rings is 1. The Labute approximate surface area is 201 Å². The van der Waals surface area contributed by atoms with Crippen molar-refractivity contribution in [2.24, 2.45) is 0 Å². The van der Waals surface area contributed by atoms with E-state index in [1.54, 1.807) is 11.5 Å². The van der Waals surface area contributed by atoms with E-state index in [0.29, 0.717) is 19.1 Å². The highest BCUT2D eigenvalue weighted by Gasteiger charge is 2.44. The zero-order valence-corrected chi connectivity index (χ0v) is 19.1. The lowest BCUT2D eigenvalue weighted by Crippen LogP contribution is -2.50. The molecule has 0 unspecified atom stereocenters. The summed E-state index contributed by atoms with van der Waals surface area (Å²) >= 11 is 0. The molecule has 2 N–H and O–H groups in total. The second-order valence-electron chi connectivity index (χ2n) is 8.68. The summed E-state index contributed by atoms with van der Waals surface area (Å²) in [6, 6.07) is -1.63. The standard InChI is InChI=1S/C23H23F4N3O6/c1-2-36-21(34)13-8-30(11-3-4-11)18-12(20(13)33)7-15(24)19(14(18)9-31)29-6-5-16(17(29)10-32)28-22(35)23(25,26)27/h7-9,11,16-17,32H,2-6,10H2,1H3,(H,28,35)/t16-,17-/m1/s1. The molecule has 13 heteroatoms. The minimum Gasteiger partial charge on any atom is -0.462 e. The lowest BCUT2D eigenvalue weighted by Gasteiger charge is -2.31. The van der Waals surface area contributed by atoms with Crippen LogP contribution in [0.3, 0.4) is 0 Å². The van der Waals surface area contributed by atoms with Gasteiger partial charge in [0.2, 0.25) is 5.43 Å². The van der Waals surface area contributed by atoms with E-state index >= 15 is 4.39 Å². The number of fused-ring (bicyclic) bond motifs is 1. The van der Waals surface area contributed by atoms with Crippen molar-refractivity contribution in [3.05, 3.63) is 39.4 Å². The van der Waals surface area contributed by atoms with E-state index in [0.717, 1.165) is 6.07 Å². The number of halogens is 4. The Morgan fingerprint density at radius 3 is 2.53 bits per heavy atom. The molecule has 1 aliphatic heterocycles. The number of pyridine rings is 1. The van der Waals surface area contributed by atoms with Gasteiger partial charge in [-0.1, -0.05) is 0 Å². The summed E-state index contributed by atoms with van der Waals surface area (Å²) in [5, 5.41) is 11.5. The van der Waals surface area contributed by atoms with Crippen molar-refractivity contribution in [3.63, 3.8) is 0 Å². The first-order chi connectivity index (χ1) is 17.0. The first kappa shape index (κ1) is 25.6. The largest absolute Gasteiger partial charge is 0.471 e. The molecule has 1 amide bonds. The number of carbonyl (C=O) groups is 3. The van der Waals surface area contributed by atoms with Gasteiger partial charge in [0, 0.05) is 18.8 Å². The number of aldehydes is 1. The number of rotatable bonds is 7. The molecule has 1 aromatic carbocycles. The zero-order chi connectivity index (χ0) is 26.4. The number of alkyl halides is 3. The molecule has 0 spiro atoms. The summed E-state index contributed by atoms with van der Waals surface area (Å²) in [7, 11) is 0. The minimum atomic E-state index is -5.15. The lowest BCUT2D eigenvalue weighted by atomic mass is 10.0. The van der Waals surface area contributed by atoms with Crippen molar-refractivity contribution in [3.8, 4) is 0 Å². The SMILES string of the molecule is CCOC(=O)c1cn(C2CC2)c2c(C=O)c(N3CC[C@@H](NC(=O)C(F)(F)F)[C@H]3CO)c(F)cc2c1=O. The monoisotopic (exact) mass is 513 g/mol. The Balaban J connectivity index is 1.87. The molecule has 1 saturated carbocycles. The number of anilines is 1. The maximum absolute atomic E-state index is 15.5. The number of hydrogen-bond donors (Lipinski definition) is 2. The number of hydrogen-bond acceptors (Lipinski definition) is 7. The van der Waals surface area contributed by atoms with E-state index in [1.807, 2.05) is 5.32 Å². The third-order valence-electron chi connectivity index (χ3n) is 6.43. The van der Waals surface area contributed by atoms with Crippen molar-refractivity contribution in [1.29, 1.82) is 0 Å². The van der Waals surface area contributed by atoms with Gasteiger partial charge in [0.25, 0.3) is 0 Å². The van der Waals surface area contributed by atoms with E-state index in [1.165, 1.54) is 11.1 Å². The first-order valence-corrected chi connectivity index (χ1v) is 11.3. The van der Waals surface area contributed by atoms with Crippen LogP contribution in [0.15, 0.2) is 17.1 Å². The molecule has 2 fully saturated rings. The number of carbonyl (C=O) groups excluding carboxylic acids is 3. The smallest absolute Gasteiger partial charge is 0.462 e. The quantitative estimate of drug-likeness (QED) is 0.331. The van der Waals surface area contributed by atoms with Crippen molar-refractivity contribution in [2.45, 2.75) is 50.5 Å². The van der Waals surface area contributed by atoms with Gasteiger partial charge in [0.15, 0.2) is 6.29 Å². The number of aliphatic hydroxyl groups is 1. The van der Waals surface area contributed by atoms with Gasteiger partial charge in [-0.25, -0.2) is 9.18 Å². The molecular formula is C23H23F4N3O6. The van der Waals surface area contributed by atoms with Gasteiger partial charge in [-0.15, -0.1) is 0 Å². The van der Waals surface area contributed by atoms with E-state index in [9.17, 15) is 37.5 Å². The fourth-order valence-electron chi connectivity index (χ4n) is 4.68. The number of ether oxygens (including phenoxy) is 1. The molecule has 194 valence electrons. The molecule has 9 nitrogen and oxygen atoms in total. The van der Waals surface area contributed by atoms with Crippen LogP contribution in [0.2, 0.25) is 0 Å². The highest BCUT2D eigenvalue weighted by Crippen LogP contribution is 2.41. The molecule has 1 aliphatic carbocycles. The van der Waals surface area contributed by atoms with Gasteiger partial charge in [0.05, 0.1) is 47.5 Å². The minimum absolute atomic E-state index is 0.0101. The Hall–Kier alpha value is -3.48. The van der Waals surface area contributed by atoms with Gasteiger partial charge < -0.3 is 24.6 Å².